The molecule has 0 radical (unpaired) electrons. The Labute approximate surface area is 73.4 Å². The molecule has 3 heteroatoms. The minimum absolute atomic E-state index is 0.347. The van der Waals surface area contributed by atoms with Crippen molar-refractivity contribution in [3.8, 4) is 0 Å². The molecule has 0 aliphatic carbocycles. The first-order valence-electron chi connectivity index (χ1n) is 4.70. The molecular weight excluding hydrogens is 156 g/mol. The van der Waals surface area contributed by atoms with Crippen molar-refractivity contribution in [3.63, 3.8) is 0 Å². The molecule has 1 aliphatic heterocycles. The van der Waals surface area contributed by atoms with Crippen LogP contribution in [0.2, 0.25) is 0 Å². The van der Waals surface area contributed by atoms with Crippen LogP contribution in [0.5, 0.6) is 0 Å². The zero-order valence-corrected chi connectivity index (χ0v) is 7.57. The van der Waals surface area contributed by atoms with Gasteiger partial charge in [0, 0.05) is 0 Å². The van der Waals surface area contributed by atoms with Gasteiger partial charge in [0.2, 0.25) is 0 Å². The molecule has 3 nitrogen and oxygen atoms in total. The number of rotatable bonds is 6. The highest BCUT2D eigenvalue weighted by molar-refractivity contribution is 4.72. The molecule has 0 amide bonds. The van der Waals surface area contributed by atoms with E-state index in [1.54, 1.807) is 0 Å². The van der Waals surface area contributed by atoms with Crippen molar-refractivity contribution >= 4 is 0 Å². The van der Waals surface area contributed by atoms with Crippen molar-refractivity contribution in [1.82, 2.24) is 0 Å². The van der Waals surface area contributed by atoms with Crippen molar-refractivity contribution in [2.75, 3.05) is 6.61 Å². The van der Waals surface area contributed by atoms with Crippen molar-refractivity contribution < 1.29 is 14.9 Å². The molecule has 72 valence electrons. The standard InChI is InChI=1S/C9H18O3/c1-2-7(10)5-8(11)3-4-9-6-12-9/h7-11H,2-6H2,1H3. The molecule has 1 rings (SSSR count). The third-order valence-corrected chi connectivity index (χ3v) is 2.24. The molecule has 0 spiro atoms. The lowest BCUT2D eigenvalue weighted by Crippen LogP contribution is -2.17. The maximum absolute atomic E-state index is 9.41. The summed E-state index contributed by atoms with van der Waals surface area (Å²) in [6.07, 6.45) is 2.59. The summed E-state index contributed by atoms with van der Waals surface area (Å²) in [5.74, 6) is 0. The fourth-order valence-corrected chi connectivity index (χ4v) is 1.21. The Bertz CT molecular complexity index is 123. The zero-order valence-electron chi connectivity index (χ0n) is 7.57. The molecule has 1 saturated heterocycles. The predicted octanol–water partition coefficient (Wildman–Crippen LogP) is 0.687. The van der Waals surface area contributed by atoms with E-state index in [4.69, 9.17) is 4.74 Å². The highest BCUT2D eigenvalue weighted by atomic mass is 16.6. The van der Waals surface area contributed by atoms with Crippen LogP contribution in [0.4, 0.5) is 0 Å². The molecule has 0 saturated carbocycles. The lowest BCUT2D eigenvalue weighted by molar-refractivity contribution is 0.0712. The molecule has 0 bridgehead atoms. The van der Waals surface area contributed by atoms with Crippen molar-refractivity contribution in [2.45, 2.75) is 50.9 Å². The van der Waals surface area contributed by atoms with Gasteiger partial charge in [0.25, 0.3) is 0 Å². The molecule has 3 atom stereocenters. The van der Waals surface area contributed by atoms with Crippen LogP contribution in [0.25, 0.3) is 0 Å². The second-order valence-electron chi connectivity index (χ2n) is 3.48. The molecule has 2 N–H and O–H groups in total. The van der Waals surface area contributed by atoms with Gasteiger partial charge < -0.3 is 14.9 Å². The van der Waals surface area contributed by atoms with Gasteiger partial charge >= 0.3 is 0 Å². The lowest BCUT2D eigenvalue weighted by Gasteiger charge is -2.13. The minimum Gasteiger partial charge on any atom is -0.393 e. The van der Waals surface area contributed by atoms with Gasteiger partial charge in [0.15, 0.2) is 0 Å². The molecule has 1 fully saturated rings. The van der Waals surface area contributed by atoms with Gasteiger partial charge in [-0.25, -0.2) is 0 Å². The topological polar surface area (TPSA) is 53.0 Å². The fourth-order valence-electron chi connectivity index (χ4n) is 1.21. The molecule has 0 aromatic carbocycles. The SMILES string of the molecule is CCC(O)CC(O)CCC1CO1. The first kappa shape index (κ1) is 9.96. The van der Waals surface area contributed by atoms with E-state index in [1.165, 1.54) is 0 Å². The van der Waals surface area contributed by atoms with Crippen LogP contribution in [0.3, 0.4) is 0 Å². The van der Waals surface area contributed by atoms with E-state index in [0.29, 0.717) is 12.5 Å². The number of epoxide rings is 1. The molecule has 1 aliphatic rings. The predicted molar refractivity (Wildman–Crippen MR) is 45.9 cm³/mol. The number of aliphatic hydroxyl groups is 2. The summed E-state index contributed by atoms with van der Waals surface area (Å²) in [6, 6.07) is 0. The highest BCUT2D eigenvalue weighted by Crippen LogP contribution is 2.18. The van der Waals surface area contributed by atoms with Gasteiger partial charge in [-0.1, -0.05) is 6.92 Å². The summed E-state index contributed by atoms with van der Waals surface area (Å²) in [5.41, 5.74) is 0. The smallest absolute Gasteiger partial charge is 0.0810 e. The number of hydrogen-bond acceptors (Lipinski definition) is 3. The van der Waals surface area contributed by atoms with Crippen LogP contribution >= 0.6 is 0 Å². The van der Waals surface area contributed by atoms with E-state index in [0.717, 1.165) is 25.9 Å². The van der Waals surface area contributed by atoms with Crippen LogP contribution in [-0.2, 0) is 4.74 Å². The summed E-state index contributed by atoms with van der Waals surface area (Å²) >= 11 is 0. The average molecular weight is 174 g/mol. The van der Waals surface area contributed by atoms with Gasteiger partial charge in [0.05, 0.1) is 24.9 Å². The van der Waals surface area contributed by atoms with E-state index in [9.17, 15) is 10.2 Å². The maximum Gasteiger partial charge on any atom is 0.0810 e. The number of ether oxygens (including phenoxy) is 1. The average Bonchev–Trinajstić information content (AvgIpc) is 2.83. The summed E-state index contributed by atoms with van der Waals surface area (Å²) in [7, 11) is 0. The zero-order chi connectivity index (χ0) is 8.97. The Morgan fingerprint density at radius 1 is 1.42 bits per heavy atom. The van der Waals surface area contributed by atoms with E-state index in [1.807, 2.05) is 6.92 Å². The Morgan fingerprint density at radius 2 is 2.08 bits per heavy atom. The highest BCUT2D eigenvalue weighted by Gasteiger charge is 2.23. The van der Waals surface area contributed by atoms with E-state index < -0.39 is 0 Å². The van der Waals surface area contributed by atoms with Crippen molar-refractivity contribution in [1.29, 1.82) is 0 Å². The first-order chi connectivity index (χ1) is 5.72. The number of hydrogen-bond donors (Lipinski definition) is 2. The first-order valence-corrected chi connectivity index (χ1v) is 4.70. The van der Waals surface area contributed by atoms with Crippen molar-refractivity contribution in [3.05, 3.63) is 0 Å². The van der Waals surface area contributed by atoms with Crippen LogP contribution in [-0.4, -0.2) is 35.1 Å². The summed E-state index contributed by atoms with van der Waals surface area (Å²) < 4.78 is 5.02. The fraction of sp³-hybridized carbons (Fsp3) is 1.00. The van der Waals surface area contributed by atoms with E-state index in [2.05, 4.69) is 0 Å². The van der Waals surface area contributed by atoms with Crippen LogP contribution in [0.15, 0.2) is 0 Å². The Morgan fingerprint density at radius 3 is 2.58 bits per heavy atom. The maximum atomic E-state index is 9.41. The largest absolute Gasteiger partial charge is 0.393 e. The second-order valence-corrected chi connectivity index (χ2v) is 3.48. The number of aliphatic hydroxyl groups excluding tert-OH is 2. The van der Waals surface area contributed by atoms with Gasteiger partial charge in [-0.3, -0.25) is 0 Å². The quantitative estimate of drug-likeness (QED) is 0.582. The van der Waals surface area contributed by atoms with E-state index in [-0.39, 0.29) is 12.2 Å². The summed E-state index contributed by atoms with van der Waals surface area (Å²) in [5, 5.41) is 18.6. The van der Waals surface area contributed by atoms with Crippen LogP contribution in [0.1, 0.15) is 32.6 Å². The third kappa shape index (κ3) is 4.04. The summed E-state index contributed by atoms with van der Waals surface area (Å²) in [4.78, 5) is 0. The van der Waals surface area contributed by atoms with Gasteiger partial charge in [-0.05, 0) is 25.7 Å². The Hall–Kier alpha value is -0.120. The molecule has 12 heavy (non-hydrogen) atoms. The summed E-state index contributed by atoms with van der Waals surface area (Å²) in [6.45, 7) is 2.77. The normalized spacial score (nSPS) is 26.8. The molecular formula is C9H18O3. The van der Waals surface area contributed by atoms with Gasteiger partial charge in [-0.15, -0.1) is 0 Å². The molecule has 0 aromatic heterocycles. The van der Waals surface area contributed by atoms with E-state index >= 15 is 0 Å². The van der Waals surface area contributed by atoms with Gasteiger partial charge in [-0.2, -0.15) is 0 Å². The molecule has 0 aromatic rings. The second kappa shape index (κ2) is 4.80. The van der Waals surface area contributed by atoms with Crippen LogP contribution < -0.4 is 0 Å². The molecule has 1 heterocycles. The minimum atomic E-state index is -0.357. The lowest BCUT2D eigenvalue weighted by atomic mass is 10.0. The van der Waals surface area contributed by atoms with Gasteiger partial charge in [0.1, 0.15) is 0 Å². The van der Waals surface area contributed by atoms with Crippen LogP contribution in [0, 0.1) is 0 Å². The van der Waals surface area contributed by atoms with Crippen molar-refractivity contribution in [2.24, 2.45) is 0 Å². The monoisotopic (exact) mass is 174 g/mol. The Balaban J connectivity index is 1.97. The third-order valence-electron chi connectivity index (χ3n) is 2.24. The Kier molecular flexibility index (Phi) is 3.98. The molecule has 3 unspecified atom stereocenters.